The normalized spacial score (nSPS) is 10.3. The van der Waals surface area contributed by atoms with Gasteiger partial charge in [0.05, 0.1) is 11.9 Å². The van der Waals surface area contributed by atoms with E-state index in [9.17, 15) is 9.59 Å². The van der Waals surface area contributed by atoms with E-state index in [4.69, 9.17) is 0 Å². The molecule has 1 aromatic heterocycles. The van der Waals surface area contributed by atoms with Crippen LogP contribution in [0.2, 0.25) is 0 Å². The molecular formula is C19H23N3O2. The molecule has 126 valence electrons. The smallest absolute Gasteiger partial charge is 0.225 e. The van der Waals surface area contributed by atoms with Gasteiger partial charge in [-0.3, -0.25) is 9.59 Å². The van der Waals surface area contributed by atoms with Crippen molar-refractivity contribution in [1.29, 1.82) is 0 Å². The Kier molecular flexibility index (Phi) is 5.68. The molecule has 0 fully saturated rings. The first-order chi connectivity index (χ1) is 11.4. The molecule has 0 aliphatic rings. The lowest BCUT2D eigenvalue weighted by Crippen LogP contribution is -2.15. The zero-order chi connectivity index (χ0) is 17.7. The minimum Gasteiger partial charge on any atom is -0.376 e. The Morgan fingerprint density at radius 1 is 1.08 bits per heavy atom. The molecule has 0 unspecified atom stereocenters. The molecule has 0 saturated heterocycles. The number of aromatic nitrogens is 1. The van der Waals surface area contributed by atoms with Crippen molar-refractivity contribution in [2.24, 2.45) is 0 Å². The first-order valence-electron chi connectivity index (χ1n) is 7.90. The van der Waals surface area contributed by atoms with Crippen molar-refractivity contribution >= 4 is 23.2 Å². The Morgan fingerprint density at radius 2 is 1.83 bits per heavy atom. The van der Waals surface area contributed by atoms with Crippen LogP contribution in [0.4, 0.5) is 11.5 Å². The average molecular weight is 325 g/mol. The maximum Gasteiger partial charge on any atom is 0.225 e. The fraction of sp³-hybridized carbons (Fsp3) is 0.316. The van der Waals surface area contributed by atoms with Crippen molar-refractivity contribution in [3.63, 3.8) is 0 Å². The zero-order valence-electron chi connectivity index (χ0n) is 14.6. The van der Waals surface area contributed by atoms with Crippen LogP contribution in [0.25, 0.3) is 0 Å². The predicted molar refractivity (Wildman–Crippen MR) is 96.7 cm³/mol. The molecule has 0 radical (unpaired) electrons. The van der Waals surface area contributed by atoms with Crippen molar-refractivity contribution in [3.05, 3.63) is 53.2 Å². The number of Topliss-reactive ketones (excluding diaryl/α,β-unsaturated/α-hetero) is 1. The monoisotopic (exact) mass is 325 g/mol. The van der Waals surface area contributed by atoms with Crippen molar-refractivity contribution in [3.8, 4) is 0 Å². The summed E-state index contributed by atoms with van der Waals surface area (Å²) in [5, 5.41) is 2.72. The van der Waals surface area contributed by atoms with E-state index in [0.29, 0.717) is 11.4 Å². The van der Waals surface area contributed by atoms with E-state index in [1.54, 1.807) is 12.3 Å². The summed E-state index contributed by atoms with van der Waals surface area (Å²) in [6.07, 6.45) is 2.02. The van der Waals surface area contributed by atoms with Gasteiger partial charge in [-0.2, -0.15) is 0 Å². The van der Waals surface area contributed by atoms with Gasteiger partial charge in [0.2, 0.25) is 5.91 Å². The number of pyridine rings is 1. The molecule has 24 heavy (non-hydrogen) atoms. The van der Waals surface area contributed by atoms with E-state index in [1.165, 1.54) is 0 Å². The van der Waals surface area contributed by atoms with Gasteiger partial charge in [-0.05, 0) is 37.6 Å². The van der Waals surface area contributed by atoms with Crippen LogP contribution in [-0.4, -0.2) is 30.8 Å². The van der Waals surface area contributed by atoms with Crippen LogP contribution in [0.3, 0.4) is 0 Å². The highest BCUT2D eigenvalue weighted by molar-refractivity contribution is 6.00. The van der Waals surface area contributed by atoms with Gasteiger partial charge in [0, 0.05) is 32.5 Å². The number of hydrogen-bond acceptors (Lipinski definition) is 4. The molecule has 1 N–H and O–H groups in total. The fourth-order valence-electron chi connectivity index (χ4n) is 2.33. The minimum atomic E-state index is -0.209. The number of rotatable bonds is 6. The first-order valence-corrected chi connectivity index (χ1v) is 7.90. The maximum absolute atomic E-state index is 12.3. The Labute approximate surface area is 142 Å². The van der Waals surface area contributed by atoms with Gasteiger partial charge >= 0.3 is 0 Å². The largest absolute Gasteiger partial charge is 0.376 e. The summed E-state index contributed by atoms with van der Waals surface area (Å²) in [7, 11) is 3.85. The maximum atomic E-state index is 12.3. The molecule has 0 bridgehead atoms. The van der Waals surface area contributed by atoms with Crippen LogP contribution in [0.15, 0.2) is 36.5 Å². The van der Waals surface area contributed by atoms with Gasteiger partial charge in [-0.25, -0.2) is 4.98 Å². The third-order valence-corrected chi connectivity index (χ3v) is 3.80. The Bertz CT molecular complexity index is 737. The molecule has 5 nitrogen and oxygen atoms in total. The van der Waals surface area contributed by atoms with Crippen LogP contribution in [0.1, 0.15) is 34.3 Å². The highest BCUT2D eigenvalue weighted by Crippen LogP contribution is 2.15. The molecule has 0 spiro atoms. The van der Waals surface area contributed by atoms with E-state index >= 15 is 0 Å². The lowest BCUT2D eigenvalue weighted by atomic mass is 9.99. The quantitative estimate of drug-likeness (QED) is 0.827. The average Bonchev–Trinajstić information content (AvgIpc) is 2.55. The summed E-state index contributed by atoms with van der Waals surface area (Å²) in [6, 6.07) is 9.40. The number of anilines is 2. The van der Waals surface area contributed by atoms with Crippen LogP contribution < -0.4 is 10.2 Å². The molecule has 0 saturated carbocycles. The number of hydrogen-bond donors (Lipinski definition) is 1. The molecule has 0 aliphatic heterocycles. The number of benzene rings is 1. The Balaban J connectivity index is 1.90. The summed E-state index contributed by atoms with van der Waals surface area (Å²) in [5.74, 6) is 0.269. The van der Waals surface area contributed by atoms with Crippen LogP contribution >= 0.6 is 0 Å². The van der Waals surface area contributed by atoms with Crippen molar-refractivity contribution in [2.45, 2.75) is 26.7 Å². The van der Waals surface area contributed by atoms with E-state index in [0.717, 1.165) is 16.8 Å². The van der Waals surface area contributed by atoms with Crippen molar-refractivity contribution in [1.82, 2.24) is 4.98 Å². The molecule has 2 rings (SSSR count). The zero-order valence-corrected chi connectivity index (χ0v) is 14.6. The molecular weight excluding hydrogens is 302 g/mol. The van der Waals surface area contributed by atoms with E-state index in [2.05, 4.69) is 10.3 Å². The van der Waals surface area contributed by atoms with E-state index < -0.39 is 0 Å². The van der Waals surface area contributed by atoms with Crippen LogP contribution in [-0.2, 0) is 4.79 Å². The summed E-state index contributed by atoms with van der Waals surface area (Å²) in [6.45, 7) is 3.86. The standard InChI is InChI=1S/C19H23N3O2/c1-13-5-6-14(2)16(11-13)17(23)8-10-19(24)21-18-9-7-15(12-20-18)22(3)4/h5-7,9,11-12H,8,10H2,1-4H3,(H,20,21,24). The second-order valence-corrected chi connectivity index (χ2v) is 6.09. The van der Waals surface area contributed by atoms with Gasteiger partial charge in [0.15, 0.2) is 5.78 Å². The van der Waals surface area contributed by atoms with Crippen LogP contribution in [0.5, 0.6) is 0 Å². The predicted octanol–water partition coefficient (Wildman–Crippen LogP) is 3.37. The molecule has 5 heteroatoms. The number of carbonyl (C=O) groups is 2. The second kappa shape index (κ2) is 7.73. The number of aryl methyl sites for hydroxylation is 2. The van der Waals surface area contributed by atoms with Crippen LogP contribution in [0, 0.1) is 13.8 Å². The lowest BCUT2D eigenvalue weighted by molar-refractivity contribution is -0.116. The molecule has 2 aromatic rings. The summed E-state index contributed by atoms with van der Waals surface area (Å²) in [4.78, 5) is 30.4. The van der Waals surface area contributed by atoms with E-state index in [1.807, 2.05) is 57.1 Å². The Hall–Kier alpha value is -2.69. The van der Waals surface area contributed by atoms with Gasteiger partial charge < -0.3 is 10.2 Å². The molecule has 0 aliphatic carbocycles. The first kappa shape index (κ1) is 17.7. The molecule has 1 heterocycles. The van der Waals surface area contributed by atoms with E-state index in [-0.39, 0.29) is 24.5 Å². The summed E-state index contributed by atoms with van der Waals surface area (Å²) in [5.41, 5.74) is 3.62. The third-order valence-electron chi connectivity index (χ3n) is 3.80. The third kappa shape index (κ3) is 4.65. The number of carbonyl (C=O) groups excluding carboxylic acids is 2. The number of ketones is 1. The fourth-order valence-corrected chi connectivity index (χ4v) is 2.33. The Morgan fingerprint density at radius 3 is 2.46 bits per heavy atom. The molecule has 1 amide bonds. The number of amides is 1. The van der Waals surface area contributed by atoms with Gasteiger partial charge in [-0.15, -0.1) is 0 Å². The second-order valence-electron chi connectivity index (χ2n) is 6.09. The van der Waals surface area contributed by atoms with Crippen molar-refractivity contribution in [2.75, 3.05) is 24.3 Å². The van der Waals surface area contributed by atoms with Gasteiger partial charge in [-0.1, -0.05) is 17.7 Å². The molecule has 0 atom stereocenters. The topological polar surface area (TPSA) is 62.3 Å². The minimum absolute atomic E-state index is 0.0118. The van der Waals surface area contributed by atoms with Gasteiger partial charge in [0.25, 0.3) is 0 Å². The van der Waals surface area contributed by atoms with Gasteiger partial charge in [0.1, 0.15) is 5.82 Å². The highest BCUT2D eigenvalue weighted by Gasteiger charge is 2.12. The highest BCUT2D eigenvalue weighted by atomic mass is 16.2. The number of nitrogens with one attached hydrogen (secondary N) is 1. The summed E-state index contributed by atoms with van der Waals surface area (Å²) >= 11 is 0. The summed E-state index contributed by atoms with van der Waals surface area (Å²) < 4.78 is 0. The lowest BCUT2D eigenvalue weighted by Gasteiger charge is -2.12. The number of nitrogens with zero attached hydrogens (tertiary/aromatic N) is 2. The SMILES string of the molecule is Cc1ccc(C)c(C(=O)CCC(=O)Nc2ccc(N(C)C)cn2)c1. The molecule has 1 aromatic carbocycles. The van der Waals surface area contributed by atoms with Crippen molar-refractivity contribution < 1.29 is 9.59 Å².